The van der Waals surface area contributed by atoms with Crippen molar-refractivity contribution in [2.24, 2.45) is 0 Å². The number of phenols is 1. The number of ketones is 1. The molecule has 110 valence electrons. The summed E-state index contributed by atoms with van der Waals surface area (Å²) < 4.78 is 16.2. The Kier molecular flexibility index (Phi) is 2.63. The summed E-state index contributed by atoms with van der Waals surface area (Å²) in [6, 6.07) is 8.47. The Morgan fingerprint density at radius 3 is 2.82 bits per heavy atom. The lowest BCUT2D eigenvalue weighted by Crippen LogP contribution is -1.97. The van der Waals surface area contributed by atoms with Crippen LogP contribution in [0.25, 0.3) is 6.08 Å². The predicted octanol–water partition coefficient (Wildman–Crippen LogP) is 3.05. The molecular formula is C17H12O5. The summed E-state index contributed by atoms with van der Waals surface area (Å²) in [4.78, 5) is 12.4. The quantitative estimate of drug-likeness (QED) is 0.819. The normalized spacial score (nSPS) is 16.8. The molecule has 0 saturated heterocycles. The number of ether oxygens (including phenoxy) is 3. The summed E-state index contributed by atoms with van der Waals surface area (Å²) in [5, 5.41) is 9.71. The van der Waals surface area contributed by atoms with E-state index in [-0.39, 0.29) is 24.1 Å². The van der Waals surface area contributed by atoms with Crippen LogP contribution in [0.4, 0.5) is 0 Å². The Balaban J connectivity index is 1.73. The second kappa shape index (κ2) is 4.53. The summed E-state index contributed by atoms with van der Waals surface area (Å²) in [6.45, 7) is 1.92. The minimum atomic E-state index is -0.198. The maximum Gasteiger partial charge on any atom is 0.231 e. The molecule has 2 aliphatic heterocycles. The lowest BCUT2D eigenvalue weighted by atomic mass is 10.1. The molecule has 22 heavy (non-hydrogen) atoms. The van der Waals surface area contributed by atoms with Crippen LogP contribution >= 0.6 is 0 Å². The number of phenolic OH excluding ortho intramolecular Hbond substituents is 1. The van der Waals surface area contributed by atoms with Crippen LogP contribution in [0.15, 0.2) is 36.1 Å². The molecular weight excluding hydrogens is 284 g/mol. The van der Waals surface area contributed by atoms with Crippen molar-refractivity contribution < 1.29 is 24.1 Å². The van der Waals surface area contributed by atoms with E-state index in [1.165, 1.54) is 6.07 Å². The maximum atomic E-state index is 12.4. The number of rotatable bonds is 1. The molecule has 0 aliphatic carbocycles. The van der Waals surface area contributed by atoms with E-state index < -0.39 is 0 Å². The average molecular weight is 296 g/mol. The molecule has 0 saturated carbocycles. The van der Waals surface area contributed by atoms with Crippen molar-refractivity contribution in [1.29, 1.82) is 0 Å². The Morgan fingerprint density at radius 2 is 1.95 bits per heavy atom. The second-order valence-electron chi connectivity index (χ2n) is 5.14. The van der Waals surface area contributed by atoms with Gasteiger partial charge in [0.1, 0.15) is 11.5 Å². The van der Waals surface area contributed by atoms with Crippen LogP contribution in [0.5, 0.6) is 23.0 Å². The molecule has 0 fully saturated rings. The van der Waals surface area contributed by atoms with Gasteiger partial charge in [-0.3, -0.25) is 4.79 Å². The Labute approximate surface area is 126 Å². The van der Waals surface area contributed by atoms with Crippen LogP contribution in [0, 0.1) is 6.92 Å². The first-order chi connectivity index (χ1) is 10.6. The van der Waals surface area contributed by atoms with Crippen molar-refractivity contribution in [3.05, 3.63) is 52.8 Å². The molecule has 0 aromatic heterocycles. The number of aromatic hydroxyl groups is 1. The van der Waals surface area contributed by atoms with Gasteiger partial charge < -0.3 is 19.3 Å². The fourth-order valence-electron chi connectivity index (χ4n) is 2.53. The summed E-state index contributed by atoms with van der Waals surface area (Å²) in [7, 11) is 0. The molecule has 0 atom stereocenters. The van der Waals surface area contributed by atoms with E-state index >= 15 is 0 Å². The molecule has 5 heteroatoms. The molecule has 5 nitrogen and oxygen atoms in total. The van der Waals surface area contributed by atoms with E-state index in [9.17, 15) is 9.90 Å². The zero-order valence-electron chi connectivity index (χ0n) is 11.8. The van der Waals surface area contributed by atoms with E-state index in [2.05, 4.69) is 0 Å². The first kappa shape index (κ1) is 12.8. The van der Waals surface area contributed by atoms with Crippen molar-refractivity contribution >= 4 is 11.9 Å². The van der Waals surface area contributed by atoms with E-state index in [1.807, 2.05) is 6.07 Å². The third-order valence-electron chi connectivity index (χ3n) is 3.75. The van der Waals surface area contributed by atoms with Gasteiger partial charge >= 0.3 is 0 Å². The Bertz CT molecular complexity index is 835. The van der Waals surface area contributed by atoms with Crippen LogP contribution < -0.4 is 14.2 Å². The van der Waals surface area contributed by atoms with Crippen LogP contribution in [0.2, 0.25) is 0 Å². The van der Waals surface area contributed by atoms with Crippen LogP contribution in [0.3, 0.4) is 0 Å². The lowest BCUT2D eigenvalue weighted by Gasteiger charge is -2.04. The molecule has 0 amide bonds. The Morgan fingerprint density at radius 1 is 1.14 bits per heavy atom. The topological polar surface area (TPSA) is 65.0 Å². The average Bonchev–Trinajstić information content (AvgIpc) is 3.09. The molecule has 2 aliphatic rings. The molecule has 0 radical (unpaired) electrons. The van der Waals surface area contributed by atoms with Gasteiger partial charge in [-0.2, -0.15) is 0 Å². The number of allylic oxidation sites excluding steroid dienone is 1. The minimum Gasteiger partial charge on any atom is -0.508 e. The first-order valence-electron chi connectivity index (χ1n) is 6.80. The van der Waals surface area contributed by atoms with Gasteiger partial charge in [0.25, 0.3) is 0 Å². The summed E-state index contributed by atoms with van der Waals surface area (Å²) in [5.74, 6) is 1.88. The zero-order chi connectivity index (χ0) is 15.3. The second-order valence-corrected chi connectivity index (χ2v) is 5.14. The van der Waals surface area contributed by atoms with Crippen molar-refractivity contribution in [3.63, 3.8) is 0 Å². The third kappa shape index (κ3) is 1.83. The highest BCUT2D eigenvalue weighted by atomic mass is 16.7. The highest BCUT2D eigenvalue weighted by molar-refractivity contribution is 6.14. The van der Waals surface area contributed by atoms with Crippen LogP contribution in [-0.2, 0) is 0 Å². The Hall–Kier alpha value is -2.95. The van der Waals surface area contributed by atoms with Crippen LogP contribution in [-0.4, -0.2) is 17.7 Å². The molecule has 0 bridgehead atoms. The highest BCUT2D eigenvalue weighted by Crippen LogP contribution is 2.39. The monoisotopic (exact) mass is 296 g/mol. The molecule has 2 heterocycles. The fraction of sp³-hybridized carbons (Fsp3) is 0.118. The molecule has 0 unspecified atom stereocenters. The third-order valence-corrected chi connectivity index (χ3v) is 3.75. The number of fused-ring (bicyclic) bond motifs is 2. The number of Topliss-reactive ketones (excluding diaryl/α,β-unsaturated/α-hetero) is 1. The van der Waals surface area contributed by atoms with E-state index in [1.54, 1.807) is 31.2 Å². The zero-order valence-corrected chi connectivity index (χ0v) is 11.8. The van der Waals surface area contributed by atoms with Gasteiger partial charge in [-0.05, 0) is 42.8 Å². The van der Waals surface area contributed by atoms with Gasteiger partial charge in [-0.25, -0.2) is 0 Å². The number of hydrogen-bond acceptors (Lipinski definition) is 5. The largest absolute Gasteiger partial charge is 0.508 e. The summed E-state index contributed by atoms with van der Waals surface area (Å²) >= 11 is 0. The van der Waals surface area contributed by atoms with Crippen molar-refractivity contribution in [2.45, 2.75) is 6.92 Å². The fourth-order valence-corrected chi connectivity index (χ4v) is 2.53. The van der Waals surface area contributed by atoms with E-state index in [0.717, 1.165) is 5.56 Å². The smallest absolute Gasteiger partial charge is 0.231 e. The highest BCUT2D eigenvalue weighted by Gasteiger charge is 2.29. The molecule has 4 rings (SSSR count). The predicted molar refractivity (Wildman–Crippen MR) is 78.3 cm³/mol. The number of hydrogen-bond donors (Lipinski definition) is 1. The maximum absolute atomic E-state index is 12.4. The van der Waals surface area contributed by atoms with Gasteiger partial charge in [0.15, 0.2) is 17.3 Å². The lowest BCUT2D eigenvalue weighted by molar-refractivity contribution is 0.101. The van der Waals surface area contributed by atoms with Crippen molar-refractivity contribution in [2.75, 3.05) is 6.79 Å². The van der Waals surface area contributed by atoms with E-state index in [4.69, 9.17) is 14.2 Å². The van der Waals surface area contributed by atoms with Crippen LogP contribution in [0.1, 0.15) is 21.5 Å². The number of carbonyl (C=O) groups is 1. The first-order valence-corrected chi connectivity index (χ1v) is 6.80. The standard InChI is InChI=1S/C17H12O5/c1-9-12(18)4-3-11-16(19)15(22-17(9)11)7-10-2-5-13-14(6-10)21-8-20-13/h2-7,18H,8H2,1H3. The van der Waals surface area contributed by atoms with Gasteiger partial charge in [-0.15, -0.1) is 0 Å². The van der Waals surface area contributed by atoms with Crippen molar-refractivity contribution in [3.8, 4) is 23.0 Å². The van der Waals surface area contributed by atoms with Crippen molar-refractivity contribution in [1.82, 2.24) is 0 Å². The SMILES string of the molecule is Cc1c(O)ccc2c1OC(=Cc1ccc3c(c1)OCO3)C2=O. The summed E-state index contributed by atoms with van der Waals surface area (Å²) in [5.41, 5.74) is 1.80. The van der Waals surface area contributed by atoms with Gasteiger partial charge in [0.05, 0.1) is 5.56 Å². The van der Waals surface area contributed by atoms with E-state index in [0.29, 0.717) is 28.4 Å². The molecule has 1 N–H and O–H groups in total. The van der Waals surface area contributed by atoms with Gasteiger partial charge in [-0.1, -0.05) is 6.07 Å². The molecule has 2 aromatic carbocycles. The molecule has 2 aromatic rings. The number of carbonyl (C=O) groups excluding carboxylic acids is 1. The van der Waals surface area contributed by atoms with Gasteiger partial charge in [0.2, 0.25) is 12.6 Å². The molecule has 0 spiro atoms. The van der Waals surface area contributed by atoms with Gasteiger partial charge in [0, 0.05) is 5.56 Å². The summed E-state index contributed by atoms with van der Waals surface area (Å²) in [6.07, 6.45) is 1.65. The minimum absolute atomic E-state index is 0.107. The number of benzene rings is 2.